The molecule has 0 aliphatic carbocycles. The van der Waals surface area contributed by atoms with E-state index in [0.29, 0.717) is 33.8 Å². The van der Waals surface area contributed by atoms with Gasteiger partial charge in [-0.2, -0.15) is 0 Å². The fourth-order valence-electron chi connectivity index (χ4n) is 3.67. The summed E-state index contributed by atoms with van der Waals surface area (Å²) in [4.78, 5) is 39.4. The Balaban J connectivity index is 1.58. The lowest BCUT2D eigenvalue weighted by molar-refractivity contribution is 0.0923. The summed E-state index contributed by atoms with van der Waals surface area (Å²) in [6, 6.07) is 19.0. The van der Waals surface area contributed by atoms with Gasteiger partial charge in [-0.3, -0.25) is 14.4 Å². The normalized spacial score (nSPS) is 13.2. The molecule has 1 heterocycles. The van der Waals surface area contributed by atoms with Gasteiger partial charge in [-0.25, -0.2) is 4.90 Å². The van der Waals surface area contributed by atoms with Crippen molar-refractivity contribution in [2.75, 3.05) is 17.3 Å². The highest BCUT2D eigenvalue weighted by Gasteiger charge is 2.37. The van der Waals surface area contributed by atoms with Crippen molar-refractivity contribution >= 4 is 29.1 Å². The molecule has 0 saturated carbocycles. The number of ether oxygens (including phenoxy) is 1. The molecule has 4 rings (SSSR count). The summed E-state index contributed by atoms with van der Waals surface area (Å²) in [7, 11) is 1.45. The zero-order valence-electron chi connectivity index (χ0n) is 18.4. The van der Waals surface area contributed by atoms with Crippen molar-refractivity contribution in [2.24, 2.45) is 0 Å². The fourth-order valence-corrected chi connectivity index (χ4v) is 3.67. The highest BCUT2D eigenvalue weighted by Crippen LogP contribution is 2.36. The first-order chi connectivity index (χ1) is 15.2. The predicted octanol–water partition coefficient (Wildman–Crippen LogP) is 5.05. The minimum atomic E-state index is -0.403. The smallest absolute Gasteiger partial charge is 0.266 e. The average molecular weight is 428 g/mol. The number of hydrogen-bond acceptors (Lipinski definition) is 4. The quantitative estimate of drug-likeness (QED) is 0.591. The Bertz CT molecular complexity index is 1190. The SMILES string of the molecule is COc1cc(NC(=O)c2ccc(C(C)(C)C)cc2)ccc1N1C(=O)c2ccccc2C1=O. The van der Waals surface area contributed by atoms with E-state index in [2.05, 4.69) is 26.1 Å². The van der Waals surface area contributed by atoms with Crippen LogP contribution < -0.4 is 15.0 Å². The molecule has 3 aromatic rings. The van der Waals surface area contributed by atoms with Crippen molar-refractivity contribution in [1.29, 1.82) is 0 Å². The van der Waals surface area contributed by atoms with Crippen molar-refractivity contribution in [3.8, 4) is 5.75 Å². The third kappa shape index (κ3) is 3.75. The molecule has 32 heavy (non-hydrogen) atoms. The number of hydrogen-bond donors (Lipinski definition) is 1. The number of nitrogens with zero attached hydrogens (tertiary/aromatic N) is 1. The lowest BCUT2D eigenvalue weighted by Crippen LogP contribution is -2.29. The number of anilines is 2. The molecule has 0 saturated heterocycles. The summed E-state index contributed by atoms with van der Waals surface area (Å²) in [5, 5.41) is 2.84. The lowest BCUT2D eigenvalue weighted by Gasteiger charge is -2.19. The molecule has 6 heteroatoms. The van der Waals surface area contributed by atoms with Gasteiger partial charge in [0.15, 0.2) is 0 Å². The summed E-state index contributed by atoms with van der Waals surface area (Å²) in [5.41, 5.74) is 3.20. The fraction of sp³-hybridized carbons (Fsp3) is 0.192. The Morgan fingerprint density at radius 2 is 1.47 bits per heavy atom. The van der Waals surface area contributed by atoms with Gasteiger partial charge in [0.05, 0.1) is 23.9 Å². The Kier molecular flexibility index (Phi) is 5.30. The van der Waals surface area contributed by atoms with Crippen LogP contribution in [0.2, 0.25) is 0 Å². The molecule has 0 fully saturated rings. The number of nitrogens with one attached hydrogen (secondary N) is 1. The summed E-state index contributed by atoms with van der Waals surface area (Å²) < 4.78 is 5.44. The van der Waals surface area contributed by atoms with E-state index in [-0.39, 0.29) is 11.3 Å². The van der Waals surface area contributed by atoms with Gasteiger partial charge in [0, 0.05) is 17.3 Å². The molecule has 0 bridgehead atoms. The van der Waals surface area contributed by atoms with Crippen LogP contribution in [0.5, 0.6) is 5.75 Å². The minimum Gasteiger partial charge on any atom is -0.494 e. The highest BCUT2D eigenvalue weighted by atomic mass is 16.5. The number of benzene rings is 3. The van der Waals surface area contributed by atoms with Crippen LogP contribution >= 0.6 is 0 Å². The number of carbonyl (C=O) groups excluding carboxylic acids is 3. The van der Waals surface area contributed by atoms with Crippen molar-refractivity contribution < 1.29 is 19.1 Å². The van der Waals surface area contributed by atoms with Crippen LogP contribution in [0.4, 0.5) is 11.4 Å². The zero-order valence-corrected chi connectivity index (χ0v) is 18.4. The molecule has 0 unspecified atom stereocenters. The van der Waals surface area contributed by atoms with Crippen LogP contribution in [0.15, 0.2) is 66.7 Å². The molecule has 0 radical (unpaired) electrons. The third-order valence-electron chi connectivity index (χ3n) is 5.49. The Morgan fingerprint density at radius 1 is 0.875 bits per heavy atom. The van der Waals surface area contributed by atoms with Gasteiger partial charge in [-0.1, -0.05) is 45.0 Å². The monoisotopic (exact) mass is 428 g/mol. The van der Waals surface area contributed by atoms with E-state index in [1.807, 2.05) is 12.1 Å². The molecule has 1 aliphatic rings. The Morgan fingerprint density at radius 3 is 2.00 bits per heavy atom. The lowest BCUT2D eigenvalue weighted by atomic mass is 9.87. The maximum atomic E-state index is 12.8. The maximum absolute atomic E-state index is 12.8. The molecule has 6 nitrogen and oxygen atoms in total. The van der Waals surface area contributed by atoms with Crippen LogP contribution in [-0.4, -0.2) is 24.8 Å². The number of carbonyl (C=O) groups is 3. The van der Waals surface area contributed by atoms with Crippen molar-refractivity contribution in [1.82, 2.24) is 0 Å². The zero-order chi connectivity index (χ0) is 23.0. The van der Waals surface area contributed by atoms with Gasteiger partial charge >= 0.3 is 0 Å². The average Bonchev–Trinajstić information content (AvgIpc) is 3.03. The van der Waals surface area contributed by atoms with E-state index in [0.717, 1.165) is 10.5 Å². The first-order valence-corrected chi connectivity index (χ1v) is 10.3. The molecule has 3 aromatic carbocycles. The topological polar surface area (TPSA) is 75.7 Å². The van der Waals surface area contributed by atoms with Crippen molar-refractivity contribution in [2.45, 2.75) is 26.2 Å². The van der Waals surface area contributed by atoms with E-state index in [4.69, 9.17) is 4.74 Å². The van der Waals surface area contributed by atoms with E-state index in [1.165, 1.54) is 7.11 Å². The number of methoxy groups -OCH3 is 1. The summed E-state index contributed by atoms with van der Waals surface area (Å²) in [6.07, 6.45) is 0. The van der Waals surface area contributed by atoms with Crippen LogP contribution in [0.3, 0.4) is 0 Å². The van der Waals surface area contributed by atoms with Crippen LogP contribution in [-0.2, 0) is 5.41 Å². The van der Waals surface area contributed by atoms with Gasteiger partial charge in [0.1, 0.15) is 5.75 Å². The van der Waals surface area contributed by atoms with Crippen molar-refractivity contribution in [3.63, 3.8) is 0 Å². The van der Waals surface area contributed by atoms with Crippen LogP contribution in [0.1, 0.15) is 57.4 Å². The second kappa shape index (κ2) is 7.96. The Hall–Kier alpha value is -3.93. The predicted molar refractivity (Wildman–Crippen MR) is 124 cm³/mol. The molecule has 0 spiro atoms. The summed E-state index contributed by atoms with van der Waals surface area (Å²) in [6.45, 7) is 6.35. The first kappa shape index (κ1) is 21.3. The second-order valence-electron chi connectivity index (χ2n) is 8.66. The number of amides is 3. The van der Waals surface area contributed by atoms with Gasteiger partial charge in [0.2, 0.25) is 0 Å². The molecule has 0 atom stereocenters. The summed E-state index contributed by atoms with van der Waals surface area (Å²) >= 11 is 0. The first-order valence-electron chi connectivity index (χ1n) is 10.3. The van der Waals surface area contributed by atoms with Gasteiger partial charge in [0.25, 0.3) is 17.7 Å². The number of rotatable bonds is 4. The molecule has 3 amide bonds. The minimum absolute atomic E-state index is 0.00229. The van der Waals surface area contributed by atoms with E-state index in [1.54, 1.807) is 54.6 Å². The molecular formula is C26H24N2O4. The van der Waals surface area contributed by atoms with Crippen LogP contribution in [0.25, 0.3) is 0 Å². The molecule has 1 aliphatic heterocycles. The largest absolute Gasteiger partial charge is 0.494 e. The van der Waals surface area contributed by atoms with E-state index >= 15 is 0 Å². The standard InChI is InChI=1S/C26H24N2O4/c1-26(2,3)17-11-9-16(10-12-17)23(29)27-18-13-14-21(22(15-18)32-4)28-24(30)19-7-5-6-8-20(19)25(28)31/h5-15H,1-4H3,(H,27,29). The molecule has 0 aromatic heterocycles. The molecule has 162 valence electrons. The van der Waals surface area contributed by atoms with Gasteiger partial charge in [-0.05, 0) is 47.4 Å². The highest BCUT2D eigenvalue weighted by molar-refractivity contribution is 6.34. The second-order valence-corrected chi connectivity index (χ2v) is 8.66. The van der Waals surface area contributed by atoms with Gasteiger partial charge in [-0.15, -0.1) is 0 Å². The van der Waals surface area contributed by atoms with Crippen LogP contribution in [0, 0.1) is 0 Å². The van der Waals surface area contributed by atoms with E-state index < -0.39 is 11.8 Å². The summed E-state index contributed by atoms with van der Waals surface area (Å²) in [5.74, 6) is -0.763. The molecule has 1 N–H and O–H groups in total. The number of imide groups is 1. The maximum Gasteiger partial charge on any atom is 0.266 e. The Labute approximate surface area is 186 Å². The third-order valence-corrected chi connectivity index (χ3v) is 5.49. The van der Waals surface area contributed by atoms with Crippen molar-refractivity contribution in [3.05, 3.63) is 89.0 Å². The molecular weight excluding hydrogens is 404 g/mol. The van der Waals surface area contributed by atoms with Gasteiger partial charge < -0.3 is 10.1 Å². The number of fused-ring (bicyclic) bond motifs is 1. The van der Waals surface area contributed by atoms with E-state index in [9.17, 15) is 14.4 Å².